The Kier molecular flexibility index (Phi) is 8.40. The number of hydrogen-bond acceptors (Lipinski definition) is 3. The highest BCUT2D eigenvalue weighted by Crippen LogP contribution is 2.06. The second-order valence-corrected chi connectivity index (χ2v) is 3.61. The molecule has 0 aliphatic carbocycles. The molecule has 0 aromatic heterocycles. The summed E-state index contributed by atoms with van der Waals surface area (Å²) in [5.74, 6) is 0. The van der Waals surface area contributed by atoms with Crippen LogP contribution in [0.4, 0.5) is 0 Å². The largest absolute Gasteiger partial charge is 0.396 e. The van der Waals surface area contributed by atoms with Crippen molar-refractivity contribution in [3.8, 4) is 0 Å². The van der Waals surface area contributed by atoms with Crippen molar-refractivity contribution >= 4 is 0 Å². The van der Waals surface area contributed by atoms with Gasteiger partial charge in [0.2, 0.25) is 0 Å². The highest BCUT2D eigenvalue weighted by Gasteiger charge is 2.13. The lowest BCUT2D eigenvalue weighted by Crippen LogP contribution is -2.42. The van der Waals surface area contributed by atoms with Gasteiger partial charge in [-0.05, 0) is 39.9 Å². The minimum Gasteiger partial charge on any atom is -0.396 e. The first-order chi connectivity index (χ1) is 6.24. The van der Waals surface area contributed by atoms with Crippen LogP contribution in [0.2, 0.25) is 0 Å². The smallest absolute Gasteiger partial charge is 0.0428 e. The van der Waals surface area contributed by atoms with Gasteiger partial charge in [-0.15, -0.1) is 0 Å². The summed E-state index contributed by atoms with van der Waals surface area (Å²) in [5.41, 5.74) is 0. The highest BCUT2D eigenvalue weighted by atomic mass is 16.2. The fraction of sp³-hybridized carbons (Fsp3) is 1.00. The molecule has 1 atom stereocenters. The SMILES string of the molecule is CCCO.CNC1CCCN(C)C1. The molecule has 0 saturated carbocycles. The molecular formula is C10H24N2O. The molecule has 1 saturated heterocycles. The summed E-state index contributed by atoms with van der Waals surface area (Å²) in [4.78, 5) is 2.38. The lowest BCUT2D eigenvalue weighted by molar-refractivity contribution is 0.234. The molecule has 3 heteroatoms. The molecule has 1 unspecified atom stereocenters. The van der Waals surface area contributed by atoms with E-state index in [2.05, 4.69) is 17.3 Å². The van der Waals surface area contributed by atoms with Gasteiger partial charge in [0.1, 0.15) is 0 Å². The molecule has 1 rings (SSSR count). The summed E-state index contributed by atoms with van der Waals surface area (Å²) in [6.45, 7) is 4.74. The summed E-state index contributed by atoms with van der Waals surface area (Å²) < 4.78 is 0. The maximum atomic E-state index is 7.88. The zero-order chi connectivity index (χ0) is 10.1. The maximum Gasteiger partial charge on any atom is 0.0428 e. The molecule has 1 aliphatic rings. The first kappa shape index (κ1) is 12.9. The van der Waals surface area contributed by atoms with Crippen LogP contribution in [0.25, 0.3) is 0 Å². The van der Waals surface area contributed by atoms with E-state index >= 15 is 0 Å². The Hall–Kier alpha value is -0.120. The van der Waals surface area contributed by atoms with Crippen molar-refractivity contribution in [3.05, 3.63) is 0 Å². The van der Waals surface area contributed by atoms with E-state index in [4.69, 9.17) is 5.11 Å². The molecule has 2 N–H and O–H groups in total. The predicted octanol–water partition coefficient (Wildman–Crippen LogP) is 0.689. The number of aliphatic hydroxyl groups excluding tert-OH is 1. The van der Waals surface area contributed by atoms with Gasteiger partial charge < -0.3 is 15.3 Å². The van der Waals surface area contributed by atoms with E-state index in [1.807, 2.05) is 14.0 Å². The molecular weight excluding hydrogens is 164 g/mol. The van der Waals surface area contributed by atoms with Gasteiger partial charge in [-0.1, -0.05) is 6.92 Å². The Balaban J connectivity index is 0.000000310. The normalized spacial score (nSPS) is 23.5. The van der Waals surface area contributed by atoms with Crippen molar-refractivity contribution in [1.82, 2.24) is 10.2 Å². The van der Waals surface area contributed by atoms with E-state index in [1.54, 1.807) is 0 Å². The van der Waals surface area contributed by atoms with Crippen molar-refractivity contribution < 1.29 is 5.11 Å². The van der Waals surface area contributed by atoms with E-state index in [0.717, 1.165) is 12.5 Å². The summed E-state index contributed by atoms with van der Waals surface area (Å²) >= 11 is 0. The van der Waals surface area contributed by atoms with Gasteiger partial charge in [-0.3, -0.25) is 0 Å². The van der Waals surface area contributed by atoms with Crippen LogP contribution in [0.3, 0.4) is 0 Å². The van der Waals surface area contributed by atoms with Gasteiger partial charge in [0, 0.05) is 19.2 Å². The first-order valence-electron chi connectivity index (χ1n) is 5.21. The van der Waals surface area contributed by atoms with Crippen molar-refractivity contribution in [1.29, 1.82) is 0 Å². The van der Waals surface area contributed by atoms with Crippen molar-refractivity contribution in [2.24, 2.45) is 0 Å². The monoisotopic (exact) mass is 188 g/mol. The highest BCUT2D eigenvalue weighted by molar-refractivity contribution is 4.74. The van der Waals surface area contributed by atoms with Crippen molar-refractivity contribution in [2.45, 2.75) is 32.2 Å². The van der Waals surface area contributed by atoms with Gasteiger partial charge in [0.05, 0.1) is 0 Å². The van der Waals surface area contributed by atoms with Gasteiger partial charge >= 0.3 is 0 Å². The first-order valence-corrected chi connectivity index (χ1v) is 5.21. The zero-order valence-corrected chi connectivity index (χ0v) is 9.21. The van der Waals surface area contributed by atoms with Crippen LogP contribution in [0.15, 0.2) is 0 Å². The Bertz CT molecular complexity index is 107. The molecule has 1 heterocycles. The topological polar surface area (TPSA) is 35.5 Å². The maximum absolute atomic E-state index is 7.88. The van der Waals surface area contributed by atoms with Crippen LogP contribution in [0.5, 0.6) is 0 Å². The third kappa shape index (κ3) is 6.99. The number of nitrogens with zero attached hydrogens (tertiary/aromatic N) is 1. The molecule has 0 bridgehead atoms. The Labute approximate surface area is 82.1 Å². The van der Waals surface area contributed by atoms with Crippen LogP contribution >= 0.6 is 0 Å². The number of likely N-dealkylation sites (N-methyl/N-ethyl adjacent to an activating group) is 2. The molecule has 0 amide bonds. The van der Waals surface area contributed by atoms with Gasteiger partial charge in [-0.25, -0.2) is 0 Å². The van der Waals surface area contributed by atoms with E-state index in [1.165, 1.54) is 25.9 Å². The number of rotatable bonds is 2. The number of likely N-dealkylation sites (tertiary alicyclic amines) is 1. The quantitative estimate of drug-likeness (QED) is 0.669. The third-order valence-corrected chi connectivity index (χ3v) is 2.26. The van der Waals surface area contributed by atoms with Crippen LogP contribution in [0.1, 0.15) is 26.2 Å². The minimum atomic E-state index is 0.319. The molecule has 0 radical (unpaired) electrons. The lowest BCUT2D eigenvalue weighted by Gasteiger charge is -2.29. The number of piperidine rings is 1. The average Bonchev–Trinajstić information content (AvgIpc) is 2.18. The van der Waals surface area contributed by atoms with Crippen LogP contribution in [0, 0.1) is 0 Å². The molecule has 0 aromatic rings. The summed E-state index contributed by atoms with van der Waals surface area (Å²) in [6, 6.07) is 0.740. The van der Waals surface area contributed by atoms with Gasteiger partial charge in [-0.2, -0.15) is 0 Å². The summed E-state index contributed by atoms with van der Waals surface area (Å²) in [6.07, 6.45) is 3.57. The summed E-state index contributed by atoms with van der Waals surface area (Å²) in [7, 11) is 4.23. The lowest BCUT2D eigenvalue weighted by atomic mass is 10.1. The van der Waals surface area contributed by atoms with Crippen LogP contribution in [-0.4, -0.2) is 49.8 Å². The number of nitrogens with one attached hydrogen (secondary N) is 1. The van der Waals surface area contributed by atoms with E-state index in [9.17, 15) is 0 Å². The van der Waals surface area contributed by atoms with E-state index in [-0.39, 0.29) is 0 Å². The second kappa shape index (κ2) is 8.48. The zero-order valence-electron chi connectivity index (χ0n) is 9.21. The Morgan fingerprint density at radius 2 is 2.15 bits per heavy atom. The van der Waals surface area contributed by atoms with Gasteiger partial charge in [0.25, 0.3) is 0 Å². The van der Waals surface area contributed by atoms with Crippen LogP contribution in [-0.2, 0) is 0 Å². The second-order valence-electron chi connectivity index (χ2n) is 3.61. The number of aliphatic hydroxyl groups is 1. The Morgan fingerprint density at radius 3 is 2.46 bits per heavy atom. The fourth-order valence-corrected chi connectivity index (χ4v) is 1.40. The molecule has 80 valence electrons. The molecule has 1 fully saturated rings. The van der Waals surface area contributed by atoms with E-state index < -0.39 is 0 Å². The van der Waals surface area contributed by atoms with E-state index in [0.29, 0.717) is 6.61 Å². The molecule has 13 heavy (non-hydrogen) atoms. The molecule has 0 spiro atoms. The predicted molar refractivity (Wildman–Crippen MR) is 57.0 cm³/mol. The minimum absolute atomic E-state index is 0.319. The standard InChI is InChI=1S/C7H16N2.C3H8O/c1-8-7-4-3-5-9(2)6-7;1-2-3-4/h7-8H,3-6H2,1-2H3;4H,2-3H2,1H3. The van der Waals surface area contributed by atoms with Crippen molar-refractivity contribution in [3.63, 3.8) is 0 Å². The third-order valence-electron chi connectivity index (χ3n) is 2.26. The summed E-state index contributed by atoms with van der Waals surface area (Å²) in [5, 5.41) is 11.2. The van der Waals surface area contributed by atoms with Gasteiger partial charge in [0.15, 0.2) is 0 Å². The van der Waals surface area contributed by atoms with Crippen LogP contribution < -0.4 is 5.32 Å². The molecule has 3 nitrogen and oxygen atoms in total. The fourth-order valence-electron chi connectivity index (χ4n) is 1.40. The van der Waals surface area contributed by atoms with Crippen molar-refractivity contribution in [2.75, 3.05) is 33.8 Å². The Morgan fingerprint density at radius 1 is 1.54 bits per heavy atom. The average molecular weight is 188 g/mol. The number of hydrogen-bond donors (Lipinski definition) is 2. The molecule has 1 aliphatic heterocycles. The molecule has 0 aromatic carbocycles.